The average molecular weight is 312 g/mol. The molecule has 4 heteroatoms. The van der Waals surface area contributed by atoms with Gasteiger partial charge < -0.3 is 9.84 Å². The molecule has 22 heavy (non-hydrogen) atoms. The van der Waals surface area contributed by atoms with Crippen molar-refractivity contribution in [3.8, 4) is 0 Å². The van der Waals surface area contributed by atoms with E-state index in [9.17, 15) is 13.9 Å². The molecular weight excluding hydrogens is 286 g/mol. The summed E-state index contributed by atoms with van der Waals surface area (Å²) in [6.07, 6.45) is 4.79. The van der Waals surface area contributed by atoms with E-state index < -0.39 is 12.3 Å². The van der Waals surface area contributed by atoms with Gasteiger partial charge in [-0.1, -0.05) is 17.7 Å². The number of ether oxygens (including phenoxy) is 1. The van der Waals surface area contributed by atoms with Crippen molar-refractivity contribution >= 4 is 0 Å². The van der Waals surface area contributed by atoms with Gasteiger partial charge in [0.2, 0.25) is 0 Å². The molecule has 5 atom stereocenters. The minimum atomic E-state index is -1.38. The van der Waals surface area contributed by atoms with Gasteiger partial charge >= 0.3 is 0 Å². The van der Waals surface area contributed by atoms with Crippen molar-refractivity contribution in [2.45, 2.75) is 57.5 Å². The second-order valence-electron chi connectivity index (χ2n) is 6.87. The van der Waals surface area contributed by atoms with E-state index in [0.29, 0.717) is 24.9 Å². The van der Waals surface area contributed by atoms with Crippen LogP contribution in [0.5, 0.6) is 0 Å². The smallest absolute Gasteiger partial charge is 0.135 e. The van der Waals surface area contributed by atoms with E-state index in [0.717, 1.165) is 11.1 Å². The normalized spacial score (nSPS) is 39.4. The van der Waals surface area contributed by atoms with Gasteiger partial charge in [-0.2, -0.15) is 0 Å². The van der Waals surface area contributed by atoms with E-state index in [4.69, 9.17) is 4.74 Å². The Hall–Kier alpha value is -0.740. The maximum Gasteiger partial charge on any atom is 0.135 e. The van der Waals surface area contributed by atoms with Crippen LogP contribution in [0.3, 0.4) is 0 Å². The van der Waals surface area contributed by atoms with Gasteiger partial charge in [-0.15, -0.1) is 0 Å². The van der Waals surface area contributed by atoms with E-state index >= 15 is 0 Å². The van der Waals surface area contributed by atoms with E-state index in [-0.39, 0.29) is 31.5 Å². The number of aliphatic hydroxyl groups is 1. The molecule has 2 nitrogen and oxygen atoms in total. The van der Waals surface area contributed by atoms with Gasteiger partial charge in [0.05, 0.1) is 12.7 Å². The quantitative estimate of drug-likeness (QED) is 0.783. The lowest BCUT2D eigenvalue weighted by molar-refractivity contribution is 0.00401. The highest BCUT2D eigenvalue weighted by Crippen LogP contribution is 2.50. The molecule has 0 aromatic carbocycles. The molecule has 0 aromatic rings. The molecule has 3 aliphatic carbocycles. The third-order valence-corrected chi connectivity index (χ3v) is 5.31. The number of aliphatic hydroxyl groups excluding tert-OH is 1. The molecule has 0 amide bonds. The lowest BCUT2D eigenvalue weighted by atomic mass is 9.70. The number of hydrogen-bond donors (Lipinski definition) is 1. The minimum Gasteiger partial charge on any atom is -0.392 e. The largest absolute Gasteiger partial charge is 0.392 e. The molecule has 0 radical (unpaired) electrons. The first-order valence-corrected chi connectivity index (χ1v) is 8.53. The first-order chi connectivity index (χ1) is 10.6. The molecule has 1 fully saturated rings. The van der Waals surface area contributed by atoms with Crippen LogP contribution in [0.2, 0.25) is 0 Å². The number of alkyl halides is 2. The topological polar surface area (TPSA) is 29.5 Å². The van der Waals surface area contributed by atoms with Crippen molar-refractivity contribution in [1.82, 2.24) is 0 Å². The number of rotatable bonds is 5. The third-order valence-electron chi connectivity index (χ3n) is 5.31. The Morgan fingerprint density at radius 1 is 1.23 bits per heavy atom. The Kier molecular flexibility index (Phi) is 4.98. The Morgan fingerprint density at radius 3 is 2.59 bits per heavy atom. The van der Waals surface area contributed by atoms with Gasteiger partial charge in [0.15, 0.2) is 0 Å². The monoisotopic (exact) mass is 312 g/mol. The summed E-state index contributed by atoms with van der Waals surface area (Å²) in [5, 5.41) is 9.52. The molecule has 1 unspecified atom stereocenters. The standard InChI is InChI=1S/C18H26F2O2/c1-2-22-17-8-11(10-21)7-14(12-3-4-12)18(17)13-5-6-15(19)16(20)9-13/h5,7,12,14-18,21H,2-4,6,8-10H2,1H3/t14-,15+,16-,17-,18?/m1/s1. The Morgan fingerprint density at radius 2 is 2.00 bits per heavy atom. The molecule has 0 aromatic heterocycles. The highest BCUT2D eigenvalue weighted by atomic mass is 19.2. The second kappa shape index (κ2) is 6.79. The molecule has 0 spiro atoms. The SMILES string of the molecule is CCO[C@@H]1CC(CO)=C[C@H](C2CC2)C1C1=CC[C@H](F)[C@H](F)C1. The second-order valence-corrected chi connectivity index (χ2v) is 6.87. The molecular formula is C18H26F2O2. The molecule has 0 bridgehead atoms. The minimum absolute atomic E-state index is 0.0163. The predicted molar refractivity (Wildman–Crippen MR) is 82.0 cm³/mol. The van der Waals surface area contributed by atoms with Crippen molar-refractivity contribution in [2.75, 3.05) is 13.2 Å². The molecule has 1 N–H and O–H groups in total. The van der Waals surface area contributed by atoms with Crippen LogP contribution in [-0.2, 0) is 4.74 Å². The fraction of sp³-hybridized carbons (Fsp3) is 0.778. The summed E-state index contributed by atoms with van der Waals surface area (Å²) in [5.41, 5.74) is 2.06. The van der Waals surface area contributed by atoms with Crippen molar-refractivity contribution < 1.29 is 18.6 Å². The zero-order valence-electron chi connectivity index (χ0n) is 13.2. The molecule has 0 heterocycles. The van der Waals surface area contributed by atoms with E-state index in [1.54, 1.807) is 0 Å². The zero-order chi connectivity index (χ0) is 15.7. The van der Waals surface area contributed by atoms with E-state index in [2.05, 4.69) is 6.08 Å². The summed E-state index contributed by atoms with van der Waals surface area (Å²) in [7, 11) is 0. The van der Waals surface area contributed by atoms with Gasteiger partial charge in [-0.05, 0) is 50.0 Å². The summed E-state index contributed by atoms with van der Waals surface area (Å²) < 4.78 is 33.3. The van der Waals surface area contributed by atoms with Crippen LogP contribution in [-0.4, -0.2) is 36.8 Å². The van der Waals surface area contributed by atoms with Crippen LogP contribution in [0.1, 0.15) is 39.0 Å². The summed E-state index contributed by atoms with van der Waals surface area (Å²) in [6.45, 7) is 2.64. The maximum atomic E-state index is 13.9. The molecule has 1 saturated carbocycles. The van der Waals surface area contributed by atoms with Gasteiger partial charge in [0.25, 0.3) is 0 Å². The summed E-state index contributed by atoms with van der Waals surface area (Å²) >= 11 is 0. The van der Waals surface area contributed by atoms with Crippen molar-refractivity contribution in [3.05, 3.63) is 23.3 Å². The lowest BCUT2D eigenvalue weighted by Gasteiger charge is -2.40. The van der Waals surface area contributed by atoms with Crippen LogP contribution in [0.4, 0.5) is 8.78 Å². The number of halogens is 2. The molecule has 3 rings (SSSR count). The first kappa shape index (κ1) is 16.1. The van der Waals surface area contributed by atoms with Crippen molar-refractivity contribution in [2.24, 2.45) is 17.8 Å². The van der Waals surface area contributed by atoms with Gasteiger partial charge in [-0.3, -0.25) is 0 Å². The third kappa shape index (κ3) is 3.28. The van der Waals surface area contributed by atoms with Crippen molar-refractivity contribution in [1.29, 1.82) is 0 Å². The average Bonchev–Trinajstić information content (AvgIpc) is 3.34. The van der Waals surface area contributed by atoms with Gasteiger partial charge in [-0.25, -0.2) is 8.78 Å². The van der Waals surface area contributed by atoms with Crippen LogP contribution in [0, 0.1) is 17.8 Å². The predicted octanol–water partition coefficient (Wildman–Crippen LogP) is 3.75. The summed E-state index contributed by atoms with van der Waals surface area (Å²) in [4.78, 5) is 0. The molecule has 3 aliphatic rings. The van der Waals surface area contributed by atoms with E-state index in [1.807, 2.05) is 13.0 Å². The fourth-order valence-electron chi connectivity index (χ4n) is 4.09. The van der Waals surface area contributed by atoms with E-state index in [1.165, 1.54) is 12.8 Å². The van der Waals surface area contributed by atoms with Gasteiger partial charge in [0, 0.05) is 18.9 Å². The summed E-state index contributed by atoms with van der Waals surface area (Å²) in [5.74, 6) is 1.06. The van der Waals surface area contributed by atoms with Crippen LogP contribution < -0.4 is 0 Å². The Labute approximate surface area is 131 Å². The van der Waals surface area contributed by atoms with Crippen LogP contribution >= 0.6 is 0 Å². The summed E-state index contributed by atoms with van der Waals surface area (Å²) in [6, 6.07) is 0. The Balaban J connectivity index is 1.88. The highest BCUT2D eigenvalue weighted by Gasteiger charge is 2.44. The van der Waals surface area contributed by atoms with Crippen LogP contribution in [0.15, 0.2) is 23.3 Å². The lowest BCUT2D eigenvalue weighted by Crippen LogP contribution is -2.38. The zero-order valence-corrected chi connectivity index (χ0v) is 13.2. The number of allylic oxidation sites excluding steroid dienone is 2. The fourth-order valence-corrected chi connectivity index (χ4v) is 4.09. The molecule has 0 aliphatic heterocycles. The number of hydrogen-bond acceptors (Lipinski definition) is 2. The van der Waals surface area contributed by atoms with Gasteiger partial charge in [0.1, 0.15) is 12.3 Å². The molecule has 0 saturated heterocycles. The van der Waals surface area contributed by atoms with Crippen molar-refractivity contribution in [3.63, 3.8) is 0 Å². The Bertz CT molecular complexity index is 456. The first-order valence-electron chi connectivity index (χ1n) is 8.53. The van der Waals surface area contributed by atoms with Crippen LogP contribution in [0.25, 0.3) is 0 Å². The highest BCUT2D eigenvalue weighted by molar-refractivity contribution is 5.25. The maximum absolute atomic E-state index is 13.9. The molecule has 124 valence electrons.